The number of halogens is 1. The van der Waals surface area contributed by atoms with Crippen LogP contribution in [0.5, 0.6) is 0 Å². The van der Waals surface area contributed by atoms with E-state index >= 15 is 0 Å². The predicted molar refractivity (Wildman–Crippen MR) is 24.3 cm³/mol. The second kappa shape index (κ2) is 1.83. The van der Waals surface area contributed by atoms with E-state index in [1.807, 2.05) is 0 Å². The summed E-state index contributed by atoms with van der Waals surface area (Å²) in [6, 6.07) is 1.15. The predicted octanol–water partition coefficient (Wildman–Crippen LogP) is 1.11. The molecule has 1 aliphatic heterocycles. The van der Waals surface area contributed by atoms with E-state index in [0.717, 1.165) is 0 Å². The summed E-state index contributed by atoms with van der Waals surface area (Å²) in [6.07, 6.45) is 1.05. The summed E-state index contributed by atoms with van der Waals surface area (Å²) < 4.78 is 16.2. The Kier molecular flexibility index (Phi) is 1.17. The SMILES string of the molecule is N#CC1CC=C(F)O1. The molecule has 0 bridgehead atoms. The normalized spacial score (nSPS) is 26.0. The fourth-order valence-corrected chi connectivity index (χ4v) is 0.511. The molecule has 0 saturated heterocycles. The lowest BCUT2D eigenvalue weighted by Gasteiger charge is -1.95. The average molecular weight is 113 g/mol. The molecule has 0 fully saturated rings. The highest BCUT2D eigenvalue weighted by Gasteiger charge is 2.15. The molecule has 1 rings (SSSR count). The fourth-order valence-electron chi connectivity index (χ4n) is 0.511. The van der Waals surface area contributed by atoms with Crippen LogP contribution >= 0.6 is 0 Å². The molecule has 0 radical (unpaired) electrons. The summed E-state index contributed by atoms with van der Waals surface area (Å²) in [7, 11) is 0. The van der Waals surface area contributed by atoms with Gasteiger partial charge in [0.2, 0.25) is 0 Å². The Morgan fingerprint density at radius 1 is 2.00 bits per heavy atom. The van der Waals surface area contributed by atoms with Crippen molar-refractivity contribution in [3.8, 4) is 6.07 Å². The average Bonchev–Trinajstić information content (AvgIpc) is 2.14. The van der Waals surface area contributed by atoms with Gasteiger partial charge >= 0.3 is 0 Å². The standard InChI is InChI=1S/C5H4FNO/c6-5-2-1-4(3-7)8-5/h2,4H,1H2. The molecule has 8 heavy (non-hydrogen) atoms. The molecule has 1 aliphatic rings. The minimum Gasteiger partial charge on any atom is -0.452 e. The van der Waals surface area contributed by atoms with E-state index in [2.05, 4.69) is 4.74 Å². The molecule has 0 N–H and O–H groups in total. The van der Waals surface area contributed by atoms with Crippen LogP contribution in [0.4, 0.5) is 4.39 Å². The lowest BCUT2D eigenvalue weighted by molar-refractivity contribution is 0.132. The van der Waals surface area contributed by atoms with Crippen LogP contribution in [0, 0.1) is 11.3 Å². The zero-order valence-corrected chi connectivity index (χ0v) is 4.10. The number of hydrogen-bond acceptors (Lipinski definition) is 2. The molecular weight excluding hydrogens is 109 g/mol. The highest BCUT2D eigenvalue weighted by molar-refractivity contribution is 5.01. The van der Waals surface area contributed by atoms with E-state index in [4.69, 9.17) is 5.26 Å². The minimum atomic E-state index is -0.628. The smallest absolute Gasteiger partial charge is 0.270 e. The van der Waals surface area contributed by atoms with E-state index in [1.165, 1.54) is 6.08 Å². The van der Waals surface area contributed by atoms with Crippen molar-refractivity contribution in [3.05, 3.63) is 12.1 Å². The second-order valence-electron chi connectivity index (χ2n) is 1.48. The Bertz CT molecular complexity index is 158. The van der Waals surface area contributed by atoms with Crippen molar-refractivity contribution in [2.45, 2.75) is 12.5 Å². The zero-order chi connectivity index (χ0) is 5.98. The van der Waals surface area contributed by atoms with Crippen molar-refractivity contribution in [3.63, 3.8) is 0 Å². The quantitative estimate of drug-likeness (QED) is 0.471. The molecule has 0 aliphatic carbocycles. The van der Waals surface area contributed by atoms with E-state index < -0.39 is 12.1 Å². The van der Waals surface area contributed by atoms with Crippen molar-refractivity contribution in [2.24, 2.45) is 0 Å². The first kappa shape index (κ1) is 5.10. The van der Waals surface area contributed by atoms with Crippen molar-refractivity contribution in [2.75, 3.05) is 0 Å². The zero-order valence-electron chi connectivity index (χ0n) is 4.10. The lowest BCUT2D eigenvalue weighted by atomic mass is 10.3. The summed E-state index contributed by atoms with van der Waals surface area (Å²) in [5.41, 5.74) is 0. The van der Waals surface area contributed by atoms with Gasteiger partial charge in [-0.15, -0.1) is 0 Å². The molecule has 42 valence electrons. The van der Waals surface area contributed by atoms with E-state index in [1.54, 1.807) is 6.07 Å². The van der Waals surface area contributed by atoms with Gasteiger partial charge in [0.25, 0.3) is 6.01 Å². The molecule has 1 unspecified atom stereocenters. The van der Waals surface area contributed by atoms with Crippen LogP contribution in [0.15, 0.2) is 12.1 Å². The third kappa shape index (κ3) is 0.784. The van der Waals surface area contributed by atoms with Crippen molar-refractivity contribution in [1.82, 2.24) is 0 Å². The van der Waals surface area contributed by atoms with Crippen molar-refractivity contribution in [1.29, 1.82) is 5.26 Å². The molecule has 1 heterocycles. The monoisotopic (exact) mass is 113 g/mol. The number of ether oxygens (including phenoxy) is 1. The molecule has 1 atom stereocenters. The Balaban J connectivity index is 2.47. The number of rotatable bonds is 0. The molecule has 2 nitrogen and oxygen atoms in total. The van der Waals surface area contributed by atoms with Gasteiger partial charge in [-0.05, 0) is 6.08 Å². The topological polar surface area (TPSA) is 33.0 Å². The molecule has 0 aromatic carbocycles. The van der Waals surface area contributed by atoms with Crippen molar-refractivity contribution < 1.29 is 9.13 Å². The van der Waals surface area contributed by atoms with Crippen LogP contribution in [0.2, 0.25) is 0 Å². The van der Waals surface area contributed by atoms with Crippen LogP contribution in [-0.4, -0.2) is 6.10 Å². The highest BCUT2D eigenvalue weighted by Crippen LogP contribution is 2.16. The van der Waals surface area contributed by atoms with Gasteiger partial charge in [0.15, 0.2) is 6.10 Å². The molecule has 3 heteroatoms. The summed E-state index contributed by atoms with van der Waals surface area (Å²) >= 11 is 0. The van der Waals surface area contributed by atoms with Gasteiger partial charge in [0, 0.05) is 6.42 Å². The van der Waals surface area contributed by atoms with Crippen LogP contribution < -0.4 is 0 Å². The number of nitriles is 1. The van der Waals surface area contributed by atoms with Gasteiger partial charge < -0.3 is 4.74 Å². The summed E-state index contributed by atoms with van der Waals surface area (Å²) in [6.45, 7) is 0. The number of nitrogens with zero attached hydrogens (tertiary/aromatic N) is 1. The van der Waals surface area contributed by atoms with Gasteiger partial charge in [0.1, 0.15) is 6.07 Å². The van der Waals surface area contributed by atoms with Crippen LogP contribution in [0.25, 0.3) is 0 Å². The maximum absolute atomic E-state index is 11.8. The summed E-state index contributed by atoms with van der Waals surface area (Å²) in [4.78, 5) is 0. The van der Waals surface area contributed by atoms with Crippen molar-refractivity contribution >= 4 is 0 Å². The van der Waals surface area contributed by atoms with E-state index in [0.29, 0.717) is 6.42 Å². The van der Waals surface area contributed by atoms with E-state index in [9.17, 15) is 4.39 Å². The third-order valence-electron chi connectivity index (χ3n) is 0.891. The molecular formula is C5H4FNO. The van der Waals surface area contributed by atoms with Crippen LogP contribution in [0.3, 0.4) is 0 Å². The molecule has 0 amide bonds. The van der Waals surface area contributed by atoms with E-state index in [-0.39, 0.29) is 0 Å². The first-order chi connectivity index (χ1) is 3.83. The van der Waals surface area contributed by atoms with Gasteiger partial charge in [-0.2, -0.15) is 9.65 Å². The molecule has 0 saturated carbocycles. The lowest BCUT2D eigenvalue weighted by Crippen LogP contribution is -1.99. The Morgan fingerprint density at radius 3 is 3.00 bits per heavy atom. The summed E-state index contributed by atoms with van der Waals surface area (Å²) in [5, 5.41) is 8.11. The molecule has 0 aromatic heterocycles. The fraction of sp³-hybridized carbons (Fsp3) is 0.400. The first-order valence-electron chi connectivity index (χ1n) is 2.25. The molecule has 0 spiro atoms. The largest absolute Gasteiger partial charge is 0.452 e. The maximum Gasteiger partial charge on any atom is 0.270 e. The van der Waals surface area contributed by atoms with Gasteiger partial charge in [0.05, 0.1) is 0 Å². The van der Waals surface area contributed by atoms with Crippen LogP contribution in [0.1, 0.15) is 6.42 Å². The maximum atomic E-state index is 11.8. The Labute approximate surface area is 46.2 Å². The summed E-state index contributed by atoms with van der Waals surface area (Å²) in [5.74, 6) is 0. The van der Waals surface area contributed by atoms with Gasteiger partial charge in [-0.3, -0.25) is 0 Å². The van der Waals surface area contributed by atoms with Gasteiger partial charge in [-0.1, -0.05) is 0 Å². The third-order valence-corrected chi connectivity index (χ3v) is 0.891. The number of hydrogen-bond donors (Lipinski definition) is 0. The minimum absolute atomic E-state index is 0.377. The first-order valence-corrected chi connectivity index (χ1v) is 2.25. The Hall–Kier alpha value is -1.04. The van der Waals surface area contributed by atoms with Gasteiger partial charge in [-0.25, -0.2) is 0 Å². The second-order valence-corrected chi connectivity index (χ2v) is 1.48. The molecule has 0 aromatic rings. The highest BCUT2D eigenvalue weighted by atomic mass is 19.1. The van der Waals surface area contributed by atoms with Crippen LogP contribution in [-0.2, 0) is 4.74 Å². The Morgan fingerprint density at radius 2 is 2.75 bits per heavy atom.